The van der Waals surface area contributed by atoms with Crippen molar-refractivity contribution in [2.45, 2.75) is 20.0 Å². The highest BCUT2D eigenvalue weighted by Crippen LogP contribution is 1.85. The van der Waals surface area contributed by atoms with Crippen LogP contribution in [0.1, 0.15) is 13.8 Å². The Bertz CT molecular complexity index is 44.9. The van der Waals surface area contributed by atoms with Gasteiger partial charge in [0.15, 0.2) is 0 Å². The molecule has 0 aromatic heterocycles. The smallest absolute Gasteiger partial charge is 0.105 e. The molecule has 0 heterocycles. The zero-order valence-electron chi connectivity index (χ0n) is 5.26. The summed E-state index contributed by atoms with van der Waals surface area (Å²) in [7, 11) is 0. The summed E-state index contributed by atoms with van der Waals surface area (Å²) in [6, 6.07) is 0. The van der Waals surface area contributed by atoms with Gasteiger partial charge < -0.3 is 4.74 Å². The van der Waals surface area contributed by atoms with Crippen LogP contribution in [-0.2, 0) is 9.62 Å². The molecule has 0 unspecified atom stereocenters. The molecule has 0 rings (SSSR count). The predicted molar refractivity (Wildman–Crippen MR) is 29.7 cm³/mol. The summed E-state index contributed by atoms with van der Waals surface area (Å²) < 4.78 is 5.00. The van der Waals surface area contributed by atoms with E-state index in [1.807, 2.05) is 13.8 Å². The first-order chi connectivity index (χ1) is 3.77. The Balaban J connectivity index is 2.72. The van der Waals surface area contributed by atoms with Crippen LogP contribution in [0.15, 0.2) is 0 Å². The molecule has 0 bridgehead atoms. The maximum absolute atomic E-state index is 7.80. The van der Waals surface area contributed by atoms with Crippen molar-refractivity contribution in [1.82, 2.24) is 0 Å². The summed E-state index contributed by atoms with van der Waals surface area (Å²) in [5.41, 5.74) is 0. The topological polar surface area (TPSA) is 38.7 Å². The molecular formula is C5H12O3. The second kappa shape index (κ2) is 5.03. The molecule has 0 aromatic carbocycles. The highest BCUT2D eigenvalue weighted by molar-refractivity contribution is 4.34. The van der Waals surface area contributed by atoms with Gasteiger partial charge in [0.2, 0.25) is 0 Å². The van der Waals surface area contributed by atoms with Crippen LogP contribution in [0.5, 0.6) is 0 Å². The van der Waals surface area contributed by atoms with E-state index in [9.17, 15) is 0 Å². The summed E-state index contributed by atoms with van der Waals surface area (Å²) in [6.07, 6.45) is 0.213. The van der Waals surface area contributed by atoms with E-state index in [1.54, 1.807) is 0 Å². The van der Waals surface area contributed by atoms with Gasteiger partial charge in [-0.15, -0.1) is 0 Å². The molecular weight excluding hydrogens is 108 g/mol. The maximum Gasteiger partial charge on any atom is 0.105 e. The van der Waals surface area contributed by atoms with Crippen LogP contribution in [-0.4, -0.2) is 24.6 Å². The van der Waals surface area contributed by atoms with Crippen molar-refractivity contribution in [2.24, 2.45) is 0 Å². The Hall–Kier alpha value is -0.120. The van der Waals surface area contributed by atoms with Crippen molar-refractivity contribution in [1.29, 1.82) is 0 Å². The lowest BCUT2D eigenvalue weighted by Crippen LogP contribution is -2.07. The molecule has 0 aromatic rings. The first kappa shape index (κ1) is 7.88. The molecule has 0 saturated heterocycles. The average Bonchev–Trinajstić information content (AvgIpc) is 1.66. The third-order valence-corrected chi connectivity index (χ3v) is 0.626. The Morgan fingerprint density at radius 1 is 1.38 bits per heavy atom. The van der Waals surface area contributed by atoms with Crippen LogP contribution < -0.4 is 0 Å². The molecule has 0 radical (unpaired) electrons. The third-order valence-electron chi connectivity index (χ3n) is 0.626. The van der Waals surface area contributed by atoms with Gasteiger partial charge in [-0.1, -0.05) is 0 Å². The maximum atomic E-state index is 7.80. The minimum Gasteiger partial charge on any atom is -0.376 e. The van der Waals surface area contributed by atoms with Gasteiger partial charge in [0, 0.05) is 0 Å². The Kier molecular flexibility index (Phi) is 4.95. The van der Waals surface area contributed by atoms with E-state index in [1.165, 1.54) is 0 Å². The van der Waals surface area contributed by atoms with Crippen molar-refractivity contribution in [2.75, 3.05) is 13.2 Å². The van der Waals surface area contributed by atoms with Crippen LogP contribution in [0.3, 0.4) is 0 Å². The van der Waals surface area contributed by atoms with Gasteiger partial charge in [-0.25, -0.2) is 4.89 Å². The van der Waals surface area contributed by atoms with Crippen molar-refractivity contribution < 1.29 is 14.9 Å². The first-order valence-electron chi connectivity index (χ1n) is 2.65. The monoisotopic (exact) mass is 120 g/mol. The molecule has 8 heavy (non-hydrogen) atoms. The lowest BCUT2D eigenvalue weighted by atomic mass is 10.5. The van der Waals surface area contributed by atoms with E-state index in [2.05, 4.69) is 4.89 Å². The largest absolute Gasteiger partial charge is 0.376 e. The minimum atomic E-state index is 0.213. The molecule has 50 valence electrons. The molecule has 0 aliphatic rings. The summed E-state index contributed by atoms with van der Waals surface area (Å²) in [5.74, 6) is 0. The number of hydrogen-bond donors (Lipinski definition) is 1. The molecule has 3 heteroatoms. The summed E-state index contributed by atoms with van der Waals surface area (Å²) in [6.45, 7) is 4.56. The summed E-state index contributed by atoms with van der Waals surface area (Å²) >= 11 is 0. The molecule has 0 amide bonds. The number of rotatable bonds is 4. The number of ether oxygens (including phenoxy) is 1. The van der Waals surface area contributed by atoms with E-state index < -0.39 is 0 Å². The van der Waals surface area contributed by atoms with Crippen molar-refractivity contribution in [3.63, 3.8) is 0 Å². The third kappa shape index (κ3) is 5.88. The second-order valence-electron chi connectivity index (χ2n) is 1.75. The zero-order valence-corrected chi connectivity index (χ0v) is 5.26. The Morgan fingerprint density at radius 3 is 2.38 bits per heavy atom. The average molecular weight is 120 g/mol. The van der Waals surface area contributed by atoms with Crippen LogP contribution in [0.25, 0.3) is 0 Å². The van der Waals surface area contributed by atoms with Crippen LogP contribution in [0.4, 0.5) is 0 Å². The summed E-state index contributed by atoms with van der Waals surface area (Å²) in [5, 5.41) is 7.80. The lowest BCUT2D eigenvalue weighted by Gasteiger charge is -2.03. The van der Waals surface area contributed by atoms with Crippen molar-refractivity contribution in [3.05, 3.63) is 0 Å². The fourth-order valence-corrected chi connectivity index (χ4v) is 0.321. The predicted octanol–water partition coefficient (Wildman–Crippen LogP) is 0.901. The molecule has 0 aliphatic heterocycles. The van der Waals surface area contributed by atoms with Gasteiger partial charge in [0.1, 0.15) is 6.61 Å². The Morgan fingerprint density at radius 2 is 2.00 bits per heavy atom. The van der Waals surface area contributed by atoms with Gasteiger partial charge in [-0.3, -0.25) is 5.26 Å². The highest BCUT2D eigenvalue weighted by atomic mass is 17.1. The van der Waals surface area contributed by atoms with E-state index in [0.717, 1.165) is 0 Å². The van der Waals surface area contributed by atoms with E-state index in [0.29, 0.717) is 6.61 Å². The lowest BCUT2D eigenvalue weighted by molar-refractivity contribution is -0.250. The molecule has 0 spiro atoms. The van der Waals surface area contributed by atoms with E-state index in [-0.39, 0.29) is 12.7 Å². The molecule has 0 fully saturated rings. The van der Waals surface area contributed by atoms with Crippen molar-refractivity contribution >= 4 is 0 Å². The van der Waals surface area contributed by atoms with E-state index in [4.69, 9.17) is 9.99 Å². The van der Waals surface area contributed by atoms with Gasteiger partial charge in [0.05, 0.1) is 12.7 Å². The zero-order chi connectivity index (χ0) is 6.41. The fourth-order valence-electron chi connectivity index (χ4n) is 0.321. The molecule has 1 N–H and O–H groups in total. The van der Waals surface area contributed by atoms with Gasteiger partial charge >= 0.3 is 0 Å². The van der Waals surface area contributed by atoms with Crippen LogP contribution in [0.2, 0.25) is 0 Å². The molecule has 0 saturated carbocycles. The van der Waals surface area contributed by atoms with Crippen LogP contribution >= 0.6 is 0 Å². The van der Waals surface area contributed by atoms with Crippen LogP contribution in [0, 0.1) is 0 Å². The standard InChI is InChI=1S/C5H12O3/c1-5(2)7-3-4-8-6/h5-6H,3-4H2,1-2H3. The van der Waals surface area contributed by atoms with Gasteiger partial charge in [0.25, 0.3) is 0 Å². The number of hydrogen-bond acceptors (Lipinski definition) is 3. The SMILES string of the molecule is CC(C)OCCOO. The van der Waals surface area contributed by atoms with E-state index >= 15 is 0 Å². The summed E-state index contributed by atoms with van der Waals surface area (Å²) in [4.78, 5) is 3.77. The normalized spacial score (nSPS) is 10.5. The second-order valence-corrected chi connectivity index (χ2v) is 1.75. The van der Waals surface area contributed by atoms with Crippen molar-refractivity contribution in [3.8, 4) is 0 Å². The molecule has 0 aliphatic carbocycles. The quantitative estimate of drug-likeness (QED) is 0.340. The molecule has 0 atom stereocenters. The van der Waals surface area contributed by atoms with Gasteiger partial charge in [-0.05, 0) is 13.8 Å². The Labute approximate surface area is 49.1 Å². The minimum absolute atomic E-state index is 0.213. The highest BCUT2D eigenvalue weighted by Gasteiger charge is 1.90. The fraction of sp³-hybridized carbons (Fsp3) is 1.00. The van der Waals surface area contributed by atoms with Gasteiger partial charge in [-0.2, -0.15) is 0 Å². The molecule has 3 nitrogen and oxygen atoms in total. The first-order valence-corrected chi connectivity index (χ1v) is 2.65.